The molecule has 2 heteroatoms. The van der Waals surface area contributed by atoms with Gasteiger partial charge in [-0.25, -0.2) is 0 Å². The standard InChI is InChI=1S/C39H27NS/c1-39(2)30-17-9-6-14-27(30)33-36(39)34-29-16-8-11-19-32(29)41-38(34)35-28-15-7-10-18-31(28)40(37(33)35)26-22-20-25(21-23-26)24-12-4-3-5-13-24/h3-23H,1-2H3. The van der Waals surface area contributed by atoms with Crippen LogP contribution in [-0.4, -0.2) is 4.57 Å². The first kappa shape index (κ1) is 23.1. The number of hydrogen-bond acceptors (Lipinski definition) is 1. The van der Waals surface area contributed by atoms with Crippen LogP contribution in [0.1, 0.15) is 25.0 Å². The predicted octanol–water partition coefficient (Wildman–Crippen LogP) is 11.1. The molecule has 0 unspecified atom stereocenters. The minimum Gasteiger partial charge on any atom is -0.309 e. The molecule has 0 aliphatic heterocycles. The molecule has 2 heterocycles. The van der Waals surface area contributed by atoms with Gasteiger partial charge < -0.3 is 4.57 Å². The van der Waals surface area contributed by atoms with Crippen molar-refractivity contribution in [3.05, 3.63) is 139 Å². The van der Waals surface area contributed by atoms with Gasteiger partial charge in [-0.3, -0.25) is 0 Å². The lowest BCUT2D eigenvalue weighted by atomic mass is 9.80. The van der Waals surface area contributed by atoms with Crippen LogP contribution in [-0.2, 0) is 5.41 Å². The summed E-state index contributed by atoms with van der Waals surface area (Å²) in [7, 11) is 0. The van der Waals surface area contributed by atoms with Crippen molar-refractivity contribution in [3.8, 4) is 27.9 Å². The summed E-state index contributed by atoms with van der Waals surface area (Å²) in [6, 6.07) is 46.8. The molecule has 0 bridgehead atoms. The van der Waals surface area contributed by atoms with Crippen molar-refractivity contribution in [2.45, 2.75) is 19.3 Å². The first-order chi connectivity index (χ1) is 20.1. The number of aromatic nitrogens is 1. The Morgan fingerprint density at radius 3 is 2.07 bits per heavy atom. The second-order valence-corrected chi connectivity index (χ2v) is 12.8. The van der Waals surface area contributed by atoms with Gasteiger partial charge in [-0.05, 0) is 52.1 Å². The first-order valence-corrected chi connectivity index (χ1v) is 15.1. The molecule has 9 rings (SSSR count). The number of benzene rings is 6. The average Bonchev–Trinajstić information content (AvgIpc) is 3.64. The first-order valence-electron chi connectivity index (χ1n) is 14.3. The van der Waals surface area contributed by atoms with Gasteiger partial charge in [0.15, 0.2) is 0 Å². The third kappa shape index (κ3) is 3.00. The molecule has 194 valence electrons. The van der Waals surface area contributed by atoms with E-state index in [-0.39, 0.29) is 5.41 Å². The fourth-order valence-electron chi connectivity index (χ4n) is 7.39. The third-order valence-corrected chi connectivity index (χ3v) is 10.3. The molecular formula is C39H27NS. The summed E-state index contributed by atoms with van der Waals surface area (Å²) in [5.41, 5.74) is 11.8. The average molecular weight is 542 g/mol. The van der Waals surface area contributed by atoms with Gasteiger partial charge in [0.1, 0.15) is 0 Å². The van der Waals surface area contributed by atoms with Crippen molar-refractivity contribution in [3.63, 3.8) is 0 Å². The maximum absolute atomic E-state index is 2.53. The van der Waals surface area contributed by atoms with Crippen LogP contribution in [0.25, 0.3) is 69.9 Å². The molecule has 1 nitrogen and oxygen atoms in total. The largest absolute Gasteiger partial charge is 0.309 e. The molecule has 0 saturated carbocycles. The van der Waals surface area contributed by atoms with Gasteiger partial charge in [0, 0.05) is 47.6 Å². The van der Waals surface area contributed by atoms with E-state index in [1.165, 1.54) is 81.0 Å². The molecule has 41 heavy (non-hydrogen) atoms. The molecule has 0 N–H and O–H groups in total. The maximum Gasteiger partial charge on any atom is 0.0637 e. The van der Waals surface area contributed by atoms with Crippen molar-refractivity contribution in [1.29, 1.82) is 0 Å². The second-order valence-electron chi connectivity index (χ2n) is 11.7. The van der Waals surface area contributed by atoms with Crippen LogP contribution in [0.4, 0.5) is 0 Å². The summed E-state index contributed by atoms with van der Waals surface area (Å²) in [6.07, 6.45) is 0. The zero-order valence-corrected chi connectivity index (χ0v) is 23.8. The van der Waals surface area contributed by atoms with Crippen LogP contribution in [0.15, 0.2) is 127 Å². The number of thiophene rings is 1. The summed E-state index contributed by atoms with van der Waals surface area (Å²) in [6.45, 7) is 4.83. The molecule has 1 aliphatic rings. The van der Waals surface area contributed by atoms with E-state index in [1.54, 1.807) is 0 Å². The topological polar surface area (TPSA) is 4.93 Å². The van der Waals surface area contributed by atoms with Crippen LogP contribution < -0.4 is 0 Å². The van der Waals surface area contributed by atoms with Gasteiger partial charge in [0.25, 0.3) is 0 Å². The molecule has 2 aromatic heterocycles. The second kappa shape index (κ2) is 8.19. The molecule has 0 amide bonds. The van der Waals surface area contributed by atoms with E-state index in [1.807, 2.05) is 11.3 Å². The Hall–Kier alpha value is -4.66. The van der Waals surface area contributed by atoms with Crippen LogP contribution >= 0.6 is 11.3 Å². The molecule has 0 saturated heterocycles. The molecule has 0 radical (unpaired) electrons. The highest BCUT2D eigenvalue weighted by atomic mass is 32.1. The third-order valence-electron chi connectivity index (χ3n) is 9.16. The van der Waals surface area contributed by atoms with Crippen LogP contribution in [0, 0.1) is 0 Å². The van der Waals surface area contributed by atoms with Crippen LogP contribution in [0.3, 0.4) is 0 Å². The van der Waals surface area contributed by atoms with E-state index < -0.39 is 0 Å². The Kier molecular flexibility index (Phi) is 4.61. The van der Waals surface area contributed by atoms with Crippen LogP contribution in [0.5, 0.6) is 0 Å². The Morgan fingerprint density at radius 2 is 1.24 bits per heavy atom. The van der Waals surface area contributed by atoms with Crippen molar-refractivity contribution in [1.82, 2.24) is 4.57 Å². The highest BCUT2D eigenvalue weighted by Gasteiger charge is 2.40. The SMILES string of the molecule is CC1(C)c2ccccc2-c2c1c1c3ccccc3sc1c1c3ccccc3n(-c3ccc(-c4ccccc4)cc3)c21. The van der Waals surface area contributed by atoms with E-state index in [0.29, 0.717) is 0 Å². The smallest absolute Gasteiger partial charge is 0.0637 e. The molecule has 8 aromatic rings. The minimum absolute atomic E-state index is 0.110. The zero-order chi connectivity index (χ0) is 27.3. The van der Waals surface area contributed by atoms with E-state index in [4.69, 9.17) is 0 Å². The predicted molar refractivity (Wildman–Crippen MR) is 177 cm³/mol. The normalized spacial score (nSPS) is 13.8. The van der Waals surface area contributed by atoms with Gasteiger partial charge in [-0.1, -0.05) is 117 Å². The summed E-state index contributed by atoms with van der Waals surface area (Å²) in [5, 5.41) is 5.48. The number of nitrogens with zero attached hydrogens (tertiary/aromatic N) is 1. The Balaban J connectivity index is 1.50. The highest BCUT2D eigenvalue weighted by Crippen LogP contribution is 2.58. The Morgan fingerprint density at radius 1 is 0.585 bits per heavy atom. The Bertz CT molecular complexity index is 2310. The lowest BCUT2D eigenvalue weighted by Crippen LogP contribution is -2.15. The fraction of sp³-hybridized carbons (Fsp3) is 0.0769. The van der Waals surface area contributed by atoms with Crippen molar-refractivity contribution < 1.29 is 0 Å². The molecule has 1 aliphatic carbocycles. The summed E-state index contributed by atoms with van der Waals surface area (Å²) >= 11 is 1.95. The van der Waals surface area contributed by atoms with Crippen LogP contribution in [0.2, 0.25) is 0 Å². The quantitative estimate of drug-likeness (QED) is 0.205. The Labute approximate surface area is 242 Å². The van der Waals surface area contributed by atoms with Gasteiger partial charge in [-0.2, -0.15) is 0 Å². The summed E-state index contributed by atoms with van der Waals surface area (Å²) < 4.78 is 5.28. The van der Waals surface area contributed by atoms with Crippen molar-refractivity contribution in [2.24, 2.45) is 0 Å². The highest BCUT2D eigenvalue weighted by molar-refractivity contribution is 7.26. The van der Waals surface area contributed by atoms with E-state index in [9.17, 15) is 0 Å². The molecular weight excluding hydrogens is 515 g/mol. The van der Waals surface area contributed by atoms with E-state index in [0.717, 1.165) is 0 Å². The summed E-state index contributed by atoms with van der Waals surface area (Å²) in [5.74, 6) is 0. The lowest BCUT2D eigenvalue weighted by molar-refractivity contribution is 0.667. The monoisotopic (exact) mass is 541 g/mol. The van der Waals surface area contributed by atoms with E-state index >= 15 is 0 Å². The summed E-state index contributed by atoms with van der Waals surface area (Å²) in [4.78, 5) is 0. The van der Waals surface area contributed by atoms with Crippen molar-refractivity contribution >= 4 is 53.3 Å². The molecule has 6 aromatic carbocycles. The van der Waals surface area contributed by atoms with Gasteiger partial charge >= 0.3 is 0 Å². The van der Waals surface area contributed by atoms with Gasteiger partial charge in [-0.15, -0.1) is 11.3 Å². The molecule has 0 spiro atoms. The molecule has 0 fully saturated rings. The number of hydrogen-bond donors (Lipinski definition) is 0. The van der Waals surface area contributed by atoms with Gasteiger partial charge in [0.05, 0.1) is 11.0 Å². The number of rotatable bonds is 2. The molecule has 0 atom stereocenters. The van der Waals surface area contributed by atoms with E-state index in [2.05, 4.69) is 146 Å². The zero-order valence-electron chi connectivity index (χ0n) is 23.0. The maximum atomic E-state index is 2.53. The minimum atomic E-state index is -0.110. The lowest BCUT2D eigenvalue weighted by Gasteiger charge is -2.23. The number of fused-ring (bicyclic) bond motifs is 12. The fourth-order valence-corrected chi connectivity index (χ4v) is 8.66. The van der Waals surface area contributed by atoms with Gasteiger partial charge in [0.2, 0.25) is 0 Å². The van der Waals surface area contributed by atoms with Crippen molar-refractivity contribution in [2.75, 3.05) is 0 Å². The number of para-hydroxylation sites is 1.